The summed E-state index contributed by atoms with van der Waals surface area (Å²) in [5.74, 6) is -0.0631. The summed E-state index contributed by atoms with van der Waals surface area (Å²) in [5, 5.41) is -0.340. The molecule has 0 saturated heterocycles. The fourth-order valence-corrected chi connectivity index (χ4v) is 3.58. The number of sulfone groups is 1. The van der Waals surface area contributed by atoms with E-state index in [4.69, 9.17) is 0 Å². The maximum Gasteiger partial charge on any atom is 0.153 e. The summed E-state index contributed by atoms with van der Waals surface area (Å²) in [5.41, 5.74) is 2.15. The number of benzene rings is 1. The summed E-state index contributed by atoms with van der Waals surface area (Å²) in [6.45, 7) is 6.77. The van der Waals surface area contributed by atoms with Crippen LogP contribution >= 0.6 is 0 Å². The van der Waals surface area contributed by atoms with Crippen molar-refractivity contribution in [3.8, 4) is 0 Å². The summed E-state index contributed by atoms with van der Waals surface area (Å²) < 4.78 is 37.1. The van der Waals surface area contributed by atoms with Gasteiger partial charge >= 0.3 is 0 Å². The van der Waals surface area contributed by atoms with Crippen LogP contribution in [0.4, 0.5) is 4.39 Å². The monoisotopic (exact) mass is 299 g/mol. The van der Waals surface area contributed by atoms with Crippen molar-refractivity contribution in [1.29, 1.82) is 0 Å². The standard InChI is InChI=1S/C15H22FNO2S/c1-11(2)20(18,19)9-8-17-7-6-13-4-5-14(16)10-15(13)12(17)3/h4-5,10-12H,6-9H2,1-3H3/t12-/m0/s1. The molecule has 0 unspecified atom stereocenters. The highest BCUT2D eigenvalue weighted by molar-refractivity contribution is 7.92. The number of fused-ring (bicyclic) bond motifs is 1. The van der Waals surface area contributed by atoms with Crippen molar-refractivity contribution >= 4 is 9.84 Å². The topological polar surface area (TPSA) is 37.4 Å². The fourth-order valence-electron chi connectivity index (χ4n) is 2.62. The third-order valence-electron chi connectivity index (χ3n) is 4.16. The van der Waals surface area contributed by atoms with Crippen molar-refractivity contribution < 1.29 is 12.8 Å². The molecule has 1 aromatic carbocycles. The van der Waals surface area contributed by atoms with Crippen LogP contribution in [-0.4, -0.2) is 37.4 Å². The summed E-state index contributed by atoms with van der Waals surface area (Å²) in [6.07, 6.45) is 0.849. The maximum absolute atomic E-state index is 13.4. The second kappa shape index (κ2) is 5.82. The lowest BCUT2D eigenvalue weighted by molar-refractivity contribution is 0.210. The van der Waals surface area contributed by atoms with Gasteiger partial charge < -0.3 is 0 Å². The SMILES string of the molecule is CC(C)S(=O)(=O)CCN1CCc2ccc(F)cc2[C@@H]1C. The van der Waals surface area contributed by atoms with Crippen LogP contribution in [0.15, 0.2) is 18.2 Å². The molecule has 3 nitrogen and oxygen atoms in total. The number of rotatable bonds is 4. The lowest BCUT2D eigenvalue weighted by Crippen LogP contribution is -2.38. The summed E-state index contributed by atoms with van der Waals surface area (Å²) in [7, 11) is -3.02. The van der Waals surface area contributed by atoms with Gasteiger partial charge in [0.15, 0.2) is 9.84 Å². The predicted molar refractivity (Wildman–Crippen MR) is 79.0 cm³/mol. The minimum absolute atomic E-state index is 0.0665. The Kier molecular flexibility index (Phi) is 4.49. The molecular weight excluding hydrogens is 277 g/mol. The summed E-state index contributed by atoms with van der Waals surface area (Å²) in [6, 6.07) is 4.97. The molecule has 2 rings (SSSR count). The van der Waals surface area contributed by atoms with Crippen molar-refractivity contribution in [2.45, 2.75) is 38.5 Å². The van der Waals surface area contributed by atoms with E-state index in [1.165, 1.54) is 11.6 Å². The zero-order valence-electron chi connectivity index (χ0n) is 12.3. The van der Waals surface area contributed by atoms with Crippen molar-refractivity contribution in [2.75, 3.05) is 18.8 Å². The molecule has 0 spiro atoms. The molecule has 112 valence electrons. The molecule has 20 heavy (non-hydrogen) atoms. The van der Waals surface area contributed by atoms with Crippen LogP contribution in [0.2, 0.25) is 0 Å². The minimum atomic E-state index is -3.02. The van der Waals surface area contributed by atoms with Crippen LogP contribution in [0, 0.1) is 5.82 Å². The molecule has 5 heteroatoms. The molecule has 1 aliphatic rings. The van der Waals surface area contributed by atoms with E-state index in [2.05, 4.69) is 4.90 Å². The molecule has 0 saturated carbocycles. The highest BCUT2D eigenvalue weighted by Crippen LogP contribution is 2.29. The van der Waals surface area contributed by atoms with Gasteiger partial charge in [0.25, 0.3) is 0 Å². The van der Waals surface area contributed by atoms with E-state index in [9.17, 15) is 12.8 Å². The van der Waals surface area contributed by atoms with Gasteiger partial charge in [-0.2, -0.15) is 0 Å². The molecule has 0 aliphatic carbocycles. The van der Waals surface area contributed by atoms with E-state index < -0.39 is 9.84 Å². The Balaban J connectivity index is 2.10. The maximum atomic E-state index is 13.4. The molecule has 1 aliphatic heterocycles. The van der Waals surface area contributed by atoms with Crippen molar-refractivity contribution in [3.63, 3.8) is 0 Å². The third kappa shape index (κ3) is 3.20. The molecule has 0 aromatic heterocycles. The Hall–Kier alpha value is -0.940. The Morgan fingerprint density at radius 3 is 2.75 bits per heavy atom. The van der Waals surface area contributed by atoms with Gasteiger partial charge in [-0.25, -0.2) is 12.8 Å². The lowest BCUT2D eigenvalue weighted by atomic mass is 9.93. The van der Waals surface area contributed by atoms with Crippen LogP contribution in [-0.2, 0) is 16.3 Å². The molecule has 0 fully saturated rings. The van der Waals surface area contributed by atoms with Gasteiger partial charge in [-0.3, -0.25) is 4.90 Å². The van der Waals surface area contributed by atoms with E-state index in [-0.39, 0.29) is 22.9 Å². The molecule has 0 radical (unpaired) electrons. The van der Waals surface area contributed by atoms with Crippen molar-refractivity contribution in [2.24, 2.45) is 0 Å². The quantitative estimate of drug-likeness (QED) is 0.857. The number of halogens is 1. The smallest absolute Gasteiger partial charge is 0.153 e. The lowest BCUT2D eigenvalue weighted by Gasteiger charge is -2.35. The third-order valence-corrected chi connectivity index (χ3v) is 6.34. The molecular formula is C15H22FNO2S. The first kappa shape index (κ1) is 15.4. The first-order valence-electron chi connectivity index (χ1n) is 7.05. The number of hydrogen-bond acceptors (Lipinski definition) is 3. The number of hydrogen-bond donors (Lipinski definition) is 0. The Morgan fingerprint density at radius 2 is 2.10 bits per heavy atom. The average molecular weight is 299 g/mol. The molecule has 1 aromatic rings. The van der Waals surface area contributed by atoms with Crippen LogP contribution in [0.3, 0.4) is 0 Å². The van der Waals surface area contributed by atoms with Crippen molar-refractivity contribution in [3.05, 3.63) is 35.1 Å². The second-order valence-corrected chi connectivity index (χ2v) is 8.40. The Labute approximate surface area is 120 Å². The molecule has 1 heterocycles. The molecule has 0 bridgehead atoms. The molecule has 1 atom stereocenters. The largest absolute Gasteiger partial charge is 0.295 e. The minimum Gasteiger partial charge on any atom is -0.295 e. The highest BCUT2D eigenvalue weighted by atomic mass is 32.2. The average Bonchev–Trinajstić information content (AvgIpc) is 2.38. The van der Waals surface area contributed by atoms with Gasteiger partial charge in [-0.15, -0.1) is 0 Å². The van der Waals surface area contributed by atoms with E-state index in [0.717, 1.165) is 18.5 Å². The normalized spacial score (nSPS) is 20.1. The predicted octanol–water partition coefficient (Wildman–Crippen LogP) is 2.57. The Bertz CT molecular complexity index is 584. The first-order chi connectivity index (χ1) is 9.31. The van der Waals surface area contributed by atoms with Gasteiger partial charge in [-0.1, -0.05) is 6.07 Å². The highest BCUT2D eigenvalue weighted by Gasteiger charge is 2.26. The van der Waals surface area contributed by atoms with E-state index in [1.807, 2.05) is 13.0 Å². The van der Waals surface area contributed by atoms with Crippen LogP contribution in [0.25, 0.3) is 0 Å². The van der Waals surface area contributed by atoms with Gasteiger partial charge in [0.2, 0.25) is 0 Å². The summed E-state index contributed by atoms with van der Waals surface area (Å²) in [4.78, 5) is 2.13. The zero-order chi connectivity index (χ0) is 14.9. The van der Waals surface area contributed by atoms with E-state index in [0.29, 0.717) is 6.54 Å². The molecule has 0 N–H and O–H groups in total. The van der Waals surface area contributed by atoms with E-state index >= 15 is 0 Å². The van der Waals surface area contributed by atoms with Gasteiger partial charge in [0, 0.05) is 19.1 Å². The van der Waals surface area contributed by atoms with Gasteiger partial charge in [-0.05, 0) is 50.5 Å². The summed E-state index contributed by atoms with van der Waals surface area (Å²) >= 11 is 0. The number of nitrogens with zero attached hydrogens (tertiary/aromatic N) is 1. The fraction of sp³-hybridized carbons (Fsp3) is 0.600. The van der Waals surface area contributed by atoms with Crippen molar-refractivity contribution in [1.82, 2.24) is 4.90 Å². The Morgan fingerprint density at radius 1 is 1.40 bits per heavy atom. The second-order valence-electron chi connectivity index (χ2n) is 5.72. The zero-order valence-corrected chi connectivity index (χ0v) is 13.1. The van der Waals surface area contributed by atoms with Crippen LogP contribution in [0.5, 0.6) is 0 Å². The van der Waals surface area contributed by atoms with Gasteiger partial charge in [0.05, 0.1) is 11.0 Å². The first-order valence-corrected chi connectivity index (χ1v) is 8.77. The van der Waals surface area contributed by atoms with Crippen LogP contribution in [0.1, 0.15) is 37.9 Å². The molecule has 0 amide bonds. The van der Waals surface area contributed by atoms with E-state index in [1.54, 1.807) is 19.9 Å². The van der Waals surface area contributed by atoms with Gasteiger partial charge in [0.1, 0.15) is 5.82 Å². The van der Waals surface area contributed by atoms with Crippen LogP contribution < -0.4 is 0 Å².